The highest BCUT2D eigenvalue weighted by Crippen LogP contribution is 2.66. The maximum atomic E-state index is 12.2. The second kappa shape index (κ2) is 4.09. The van der Waals surface area contributed by atoms with Crippen LogP contribution in [0.25, 0.3) is 0 Å². The van der Waals surface area contributed by atoms with Gasteiger partial charge in [-0.15, -0.1) is 0 Å². The van der Waals surface area contributed by atoms with Crippen LogP contribution in [0.5, 0.6) is 0 Å². The number of halogens is 2. The molecule has 1 N–H and O–H groups in total. The fourth-order valence-electron chi connectivity index (χ4n) is 1.79. The Morgan fingerprint density at radius 2 is 1.94 bits per heavy atom. The van der Waals surface area contributed by atoms with Gasteiger partial charge in [0.2, 0.25) is 5.91 Å². The molecular weight excluding hydrogens is 346 g/mol. The maximum absolute atomic E-state index is 12.2. The van der Waals surface area contributed by atoms with Gasteiger partial charge in [0.05, 0.1) is 8.65 Å². The van der Waals surface area contributed by atoms with Crippen molar-refractivity contribution in [2.45, 2.75) is 30.4 Å². The molecule has 0 bridgehead atoms. The molecule has 1 aromatic carbocycles. The minimum atomic E-state index is -0.372. The Morgan fingerprint density at radius 1 is 1.35 bits per heavy atom. The van der Waals surface area contributed by atoms with Crippen molar-refractivity contribution in [3.05, 3.63) is 29.3 Å². The third kappa shape index (κ3) is 2.17. The lowest BCUT2D eigenvalue weighted by Crippen LogP contribution is -2.26. The number of alkyl halides is 2. The van der Waals surface area contributed by atoms with Gasteiger partial charge in [-0.05, 0) is 44.4 Å². The van der Waals surface area contributed by atoms with Crippen molar-refractivity contribution in [3.8, 4) is 0 Å². The van der Waals surface area contributed by atoms with Gasteiger partial charge < -0.3 is 5.32 Å². The second-order valence-corrected chi connectivity index (χ2v) is 8.69. The molecule has 1 saturated carbocycles. The molecule has 2 rings (SSSR count). The zero-order valence-corrected chi connectivity index (χ0v) is 13.3. The first-order valence-corrected chi connectivity index (χ1v) is 7.12. The summed E-state index contributed by atoms with van der Waals surface area (Å²) in [4.78, 5) is 12.2. The zero-order valence-electron chi connectivity index (χ0n) is 10.1. The van der Waals surface area contributed by atoms with Crippen LogP contribution in [0.3, 0.4) is 0 Å². The van der Waals surface area contributed by atoms with E-state index in [1.54, 1.807) is 0 Å². The van der Waals surface area contributed by atoms with E-state index in [0.717, 1.165) is 17.7 Å². The number of aryl methyl sites for hydroxylation is 1. The third-order valence-corrected chi connectivity index (χ3v) is 5.92. The fourth-order valence-corrected chi connectivity index (χ4v) is 3.27. The summed E-state index contributed by atoms with van der Waals surface area (Å²) in [5.41, 5.74) is 2.84. The van der Waals surface area contributed by atoms with Crippen molar-refractivity contribution in [2.24, 2.45) is 5.41 Å². The summed E-state index contributed by atoms with van der Waals surface area (Å²) in [6.45, 7) is 6.02. The van der Waals surface area contributed by atoms with E-state index < -0.39 is 0 Å². The maximum Gasteiger partial charge on any atom is 0.232 e. The highest BCUT2D eigenvalue weighted by molar-refractivity contribution is 9.25. The molecule has 0 saturated heterocycles. The van der Waals surface area contributed by atoms with Gasteiger partial charge in [-0.2, -0.15) is 0 Å². The first kappa shape index (κ1) is 13.1. The largest absolute Gasteiger partial charge is 0.325 e. The zero-order chi connectivity index (χ0) is 12.8. The summed E-state index contributed by atoms with van der Waals surface area (Å²) < 4.78 is -0.241. The van der Waals surface area contributed by atoms with E-state index >= 15 is 0 Å². The fraction of sp³-hybridized carbons (Fsp3) is 0.462. The second-order valence-electron chi connectivity index (χ2n) is 4.91. The van der Waals surface area contributed by atoms with Gasteiger partial charge in [-0.3, -0.25) is 4.79 Å². The number of hydrogen-bond donors (Lipinski definition) is 1. The topological polar surface area (TPSA) is 29.1 Å². The molecule has 0 heterocycles. The van der Waals surface area contributed by atoms with E-state index in [2.05, 4.69) is 37.2 Å². The van der Waals surface area contributed by atoms with Crippen LogP contribution < -0.4 is 5.32 Å². The Kier molecular flexibility index (Phi) is 3.15. The molecule has 1 aromatic rings. The van der Waals surface area contributed by atoms with Gasteiger partial charge in [0.15, 0.2) is 0 Å². The van der Waals surface area contributed by atoms with Gasteiger partial charge in [0.1, 0.15) is 0 Å². The highest BCUT2D eigenvalue weighted by atomic mass is 79.9. The number of amides is 1. The summed E-state index contributed by atoms with van der Waals surface area (Å²) >= 11 is 7.02. The molecule has 92 valence electrons. The minimum absolute atomic E-state index is 0.0555. The minimum Gasteiger partial charge on any atom is -0.325 e. The van der Waals surface area contributed by atoms with Crippen LogP contribution in [-0.4, -0.2) is 9.14 Å². The molecule has 0 aliphatic heterocycles. The Labute approximate surface area is 118 Å². The molecule has 4 heteroatoms. The van der Waals surface area contributed by atoms with Gasteiger partial charge >= 0.3 is 0 Å². The SMILES string of the molecule is Cc1cccc(NC(=O)C2(C)CC2(Br)Br)c1C. The first-order valence-electron chi connectivity index (χ1n) is 5.53. The standard InChI is InChI=1S/C13H15Br2NO/c1-8-5-4-6-10(9(8)2)16-11(17)12(3)7-13(12,14)15/h4-6H,7H2,1-3H3,(H,16,17). The lowest BCUT2D eigenvalue weighted by Gasteiger charge is -2.15. The van der Waals surface area contributed by atoms with E-state index in [4.69, 9.17) is 0 Å². The molecule has 1 atom stereocenters. The Bertz CT molecular complexity index is 484. The van der Waals surface area contributed by atoms with Crippen LogP contribution in [0.15, 0.2) is 18.2 Å². The third-order valence-electron chi connectivity index (χ3n) is 3.61. The lowest BCUT2D eigenvalue weighted by molar-refractivity contribution is -0.120. The van der Waals surface area contributed by atoms with E-state index in [0.29, 0.717) is 0 Å². The number of anilines is 1. The van der Waals surface area contributed by atoms with Crippen LogP contribution in [0.2, 0.25) is 0 Å². The van der Waals surface area contributed by atoms with Crippen molar-refractivity contribution < 1.29 is 4.79 Å². The predicted molar refractivity (Wildman–Crippen MR) is 77.9 cm³/mol. The molecule has 1 aliphatic carbocycles. The molecule has 0 spiro atoms. The van der Waals surface area contributed by atoms with Crippen molar-refractivity contribution >= 4 is 43.5 Å². The smallest absolute Gasteiger partial charge is 0.232 e. The number of benzene rings is 1. The molecule has 1 unspecified atom stereocenters. The van der Waals surface area contributed by atoms with Crippen molar-refractivity contribution in [2.75, 3.05) is 5.32 Å². The van der Waals surface area contributed by atoms with E-state index in [1.165, 1.54) is 5.56 Å². The van der Waals surface area contributed by atoms with Crippen molar-refractivity contribution in [1.82, 2.24) is 0 Å². The van der Waals surface area contributed by atoms with E-state index in [1.807, 2.05) is 39.0 Å². The molecule has 0 radical (unpaired) electrons. The predicted octanol–water partition coefficient (Wildman–Crippen LogP) is 4.14. The molecular formula is C13H15Br2NO. The first-order chi connectivity index (χ1) is 7.78. The number of carbonyl (C=O) groups is 1. The van der Waals surface area contributed by atoms with Crippen LogP contribution in [0, 0.1) is 19.3 Å². The summed E-state index contributed by atoms with van der Waals surface area (Å²) in [5.74, 6) is 0.0555. The number of rotatable bonds is 2. The van der Waals surface area contributed by atoms with Gasteiger partial charge in [0, 0.05) is 5.69 Å². The summed E-state index contributed by atoms with van der Waals surface area (Å²) in [5, 5.41) is 3.01. The van der Waals surface area contributed by atoms with Gasteiger partial charge in [0.25, 0.3) is 0 Å². The highest BCUT2D eigenvalue weighted by Gasteiger charge is 2.66. The number of hydrogen-bond acceptors (Lipinski definition) is 1. The monoisotopic (exact) mass is 359 g/mol. The van der Waals surface area contributed by atoms with Gasteiger partial charge in [-0.1, -0.05) is 44.0 Å². The van der Waals surface area contributed by atoms with Crippen LogP contribution in [0.1, 0.15) is 24.5 Å². The summed E-state index contributed by atoms with van der Waals surface area (Å²) in [7, 11) is 0. The molecule has 1 fully saturated rings. The summed E-state index contributed by atoms with van der Waals surface area (Å²) in [6.07, 6.45) is 0.802. The average Bonchev–Trinajstić information content (AvgIpc) is 2.75. The Hall–Kier alpha value is -0.350. The molecule has 2 nitrogen and oxygen atoms in total. The number of nitrogens with one attached hydrogen (secondary N) is 1. The molecule has 1 aliphatic rings. The number of carbonyl (C=O) groups excluding carboxylic acids is 1. The normalized spacial score (nSPS) is 25.5. The lowest BCUT2D eigenvalue weighted by atomic mass is 10.1. The molecule has 1 amide bonds. The molecule has 0 aromatic heterocycles. The van der Waals surface area contributed by atoms with Crippen LogP contribution in [0.4, 0.5) is 5.69 Å². The quantitative estimate of drug-likeness (QED) is 0.789. The van der Waals surface area contributed by atoms with Crippen molar-refractivity contribution in [1.29, 1.82) is 0 Å². The average molecular weight is 361 g/mol. The van der Waals surface area contributed by atoms with E-state index in [-0.39, 0.29) is 14.6 Å². The van der Waals surface area contributed by atoms with Gasteiger partial charge in [-0.25, -0.2) is 0 Å². The van der Waals surface area contributed by atoms with Crippen LogP contribution >= 0.6 is 31.9 Å². The summed E-state index contributed by atoms with van der Waals surface area (Å²) in [6, 6.07) is 5.95. The Balaban J connectivity index is 2.18. The van der Waals surface area contributed by atoms with Crippen LogP contribution in [-0.2, 0) is 4.79 Å². The Morgan fingerprint density at radius 3 is 2.47 bits per heavy atom. The van der Waals surface area contributed by atoms with E-state index in [9.17, 15) is 4.79 Å². The molecule has 17 heavy (non-hydrogen) atoms. The van der Waals surface area contributed by atoms with Crippen molar-refractivity contribution in [3.63, 3.8) is 0 Å².